The molecule has 3 aromatic rings. The third-order valence-corrected chi connectivity index (χ3v) is 8.01. The summed E-state index contributed by atoms with van der Waals surface area (Å²) in [5.74, 6) is 0. The Hall–Kier alpha value is -2.15. The van der Waals surface area contributed by atoms with E-state index in [4.69, 9.17) is 0 Å². The second-order valence-corrected chi connectivity index (χ2v) is 9.09. The van der Waals surface area contributed by atoms with Crippen LogP contribution in [0.25, 0.3) is 0 Å². The van der Waals surface area contributed by atoms with Gasteiger partial charge in [0.25, 0.3) is 0 Å². The fraction of sp³-hybridized carbons (Fsp3) is 0.143. The first-order chi connectivity index (χ1) is 11.6. The van der Waals surface area contributed by atoms with Crippen molar-refractivity contribution in [2.24, 2.45) is 0 Å². The number of rotatable bonds is 5. The largest absolute Gasteiger partial charge is 0.388 e. The first-order valence-electron chi connectivity index (χ1n) is 8.08. The quantitative estimate of drug-likeness (QED) is 0.712. The monoisotopic (exact) mass is 336 g/mol. The summed E-state index contributed by atoms with van der Waals surface area (Å²) < 4.78 is 14.2. The van der Waals surface area contributed by atoms with E-state index in [0.29, 0.717) is 0 Å². The van der Waals surface area contributed by atoms with Gasteiger partial charge in [-0.1, -0.05) is 97.9 Å². The standard InChI is InChI=1S/C21H21O2P/c1-17(21(22)18-11-5-2-6-12-18)24(23,19-13-7-3-8-14-19)20-15-9-4-10-16-20/h2-17,21-22H,1H3/t17-,21-/m1/s1. The average Bonchev–Trinajstić information content (AvgIpc) is 2.68. The highest BCUT2D eigenvalue weighted by atomic mass is 31.2. The summed E-state index contributed by atoms with van der Waals surface area (Å²) in [4.78, 5) is 0. The van der Waals surface area contributed by atoms with Gasteiger partial charge in [0, 0.05) is 16.3 Å². The molecule has 0 unspecified atom stereocenters. The predicted octanol–water partition coefficient (Wildman–Crippen LogP) is 4.12. The summed E-state index contributed by atoms with van der Waals surface area (Å²) in [7, 11) is -2.99. The molecule has 0 fully saturated rings. The van der Waals surface area contributed by atoms with E-state index in [1.54, 1.807) is 0 Å². The van der Waals surface area contributed by atoms with E-state index >= 15 is 0 Å². The van der Waals surface area contributed by atoms with Crippen LogP contribution in [0.5, 0.6) is 0 Å². The summed E-state index contributed by atoms with van der Waals surface area (Å²) in [6.07, 6.45) is -0.794. The van der Waals surface area contributed by atoms with Gasteiger partial charge in [-0.2, -0.15) is 0 Å². The minimum absolute atomic E-state index is 0.426. The van der Waals surface area contributed by atoms with Gasteiger partial charge in [0.15, 0.2) is 0 Å². The van der Waals surface area contributed by atoms with Crippen LogP contribution in [0.1, 0.15) is 18.6 Å². The molecule has 24 heavy (non-hydrogen) atoms. The third kappa shape index (κ3) is 3.08. The zero-order chi connectivity index (χ0) is 17.0. The zero-order valence-corrected chi connectivity index (χ0v) is 14.5. The van der Waals surface area contributed by atoms with Gasteiger partial charge in [-0.25, -0.2) is 0 Å². The lowest BCUT2D eigenvalue weighted by Gasteiger charge is -2.29. The highest BCUT2D eigenvalue weighted by Gasteiger charge is 2.38. The van der Waals surface area contributed by atoms with Gasteiger partial charge < -0.3 is 9.67 Å². The second kappa shape index (κ2) is 7.17. The van der Waals surface area contributed by atoms with E-state index < -0.39 is 18.9 Å². The molecule has 3 rings (SSSR count). The molecule has 0 spiro atoms. The Morgan fingerprint density at radius 3 is 1.50 bits per heavy atom. The number of hydrogen-bond acceptors (Lipinski definition) is 2. The van der Waals surface area contributed by atoms with Gasteiger partial charge >= 0.3 is 0 Å². The number of aliphatic hydroxyl groups is 1. The van der Waals surface area contributed by atoms with Crippen molar-refractivity contribution in [1.29, 1.82) is 0 Å². The van der Waals surface area contributed by atoms with Crippen LogP contribution in [0.15, 0.2) is 91.0 Å². The van der Waals surface area contributed by atoms with Crippen molar-refractivity contribution in [2.75, 3.05) is 0 Å². The van der Waals surface area contributed by atoms with Crippen LogP contribution >= 0.6 is 7.14 Å². The fourth-order valence-corrected chi connectivity index (χ4v) is 6.08. The number of aliphatic hydroxyl groups excluding tert-OH is 1. The maximum atomic E-state index is 14.2. The molecule has 2 nitrogen and oxygen atoms in total. The molecule has 0 heterocycles. The molecule has 0 saturated carbocycles. The SMILES string of the molecule is C[C@H]([C@@H](O)c1ccccc1)P(=O)(c1ccccc1)c1ccccc1. The highest BCUT2D eigenvalue weighted by molar-refractivity contribution is 7.79. The Bertz CT molecular complexity index is 773. The maximum Gasteiger partial charge on any atom is 0.148 e. The minimum Gasteiger partial charge on any atom is -0.388 e. The van der Waals surface area contributed by atoms with Crippen molar-refractivity contribution in [3.05, 3.63) is 96.6 Å². The second-order valence-electron chi connectivity index (χ2n) is 5.93. The first kappa shape index (κ1) is 16.7. The maximum absolute atomic E-state index is 14.2. The molecular formula is C21H21O2P. The average molecular weight is 336 g/mol. The topological polar surface area (TPSA) is 37.3 Å². The Kier molecular flexibility index (Phi) is 4.99. The third-order valence-electron chi connectivity index (χ3n) is 4.45. The minimum atomic E-state index is -2.99. The lowest BCUT2D eigenvalue weighted by atomic mass is 10.1. The van der Waals surface area contributed by atoms with Gasteiger partial charge in [-0.15, -0.1) is 0 Å². The van der Waals surface area contributed by atoms with Gasteiger partial charge in [-0.05, 0) is 5.56 Å². The van der Waals surface area contributed by atoms with E-state index in [-0.39, 0.29) is 0 Å². The number of benzene rings is 3. The Morgan fingerprint density at radius 2 is 1.08 bits per heavy atom. The Balaban J connectivity index is 2.11. The predicted molar refractivity (Wildman–Crippen MR) is 101 cm³/mol. The van der Waals surface area contributed by atoms with Gasteiger partial charge in [0.05, 0.1) is 6.10 Å². The normalized spacial score (nSPS) is 14.1. The highest BCUT2D eigenvalue weighted by Crippen LogP contribution is 2.52. The van der Waals surface area contributed by atoms with Crippen molar-refractivity contribution in [3.8, 4) is 0 Å². The molecule has 1 N–H and O–H groups in total. The summed E-state index contributed by atoms with van der Waals surface area (Å²) in [5.41, 5.74) is 0.363. The lowest BCUT2D eigenvalue weighted by molar-refractivity contribution is 0.176. The molecule has 122 valence electrons. The van der Waals surface area contributed by atoms with E-state index in [9.17, 15) is 9.67 Å². The molecule has 0 aliphatic carbocycles. The van der Waals surface area contributed by atoms with Crippen molar-refractivity contribution < 1.29 is 9.67 Å². The molecule has 0 saturated heterocycles. The van der Waals surface area contributed by atoms with Crippen LogP contribution < -0.4 is 10.6 Å². The van der Waals surface area contributed by atoms with Crippen molar-refractivity contribution in [2.45, 2.75) is 18.7 Å². The van der Waals surface area contributed by atoms with Crippen LogP contribution in [-0.2, 0) is 4.57 Å². The zero-order valence-electron chi connectivity index (χ0n) is 13.6. The van der Waals surface area contributed by atoms with Crippen LogP contribution in [0.4, 0.5) is 0 Å². The van der Waals surface area contributed by atoms with Crippen molar-refractivity contribution >= 4 is 17.8 Å². The first-order valence-corrected chi connectivity index (χ1v) is 9.85. The molecule has 0 amide bonds. The number of hydrogen-bond donors (Lipinski definition) is 1. The molecule has 0 aliphatic heterocycles. The van der Waals surface area contributed by atoms with Gasteiger partial charge in [-0.3, -0.25) is 0 Å². The molecule has 0 aliphatic rings. The molecule has 3 heteroatoms. The van der Waals surface area contributed by atoms with Crippen LogP contribution in [-0.4, -0.2) is 10.8 Å². The van der Waals surface area contributed by atoms with E-state index in [0.717, 1.165) is 16.2 Å². The molecular weight excluding hydrogens is 315 g/mol. The molecule has 3 aromatic carbocycles. The smallest absolute Gasteiger partial charge is 0.148 e. The Labute approximate surface area is 143 Å². The molecule has 0 bridgehead atoms. The lowest BCUT2D eigenvalue weighted by Crippen LogP contribution is -2.28. The van der Waals surface area contributed by atoms with Crippen LogP contribution in [0, 0.1) is 0 Å². The summed E-state index contributed by atoms with van der Waals surface area (Å²) >= 11 is 0. The van der Waals surface area contributed by atoms with E-state index in [1.807, 2.05) is 97.9 Å². The molecule has 0 aromatic heterocycles. The van der Waals surface area contributed by atoms with Crippen molar-refractivity contribution in [1.82, 2.24) is 0 Å². The molecule has 0 radical (unpaired) electrons. The summed E-state index contributed by atoms with van der Waals surface area (Å²) in [5, 5.41) is 12.4. The summed E-state index contributed by atoms with van der Waals surface area (Å²) in [6, 6.07) is 28.4. The van der Waals surface area contributed by atoms with Crippen LogP contribution in [0.3, 0.4) is 0 Å². The Morgan fingerprint density at radius 1 is 0.708 bits per heavy atom. The van der Waals surface area contributed by atoms with E-state index in [1.165, 1.54) is 0 Å². The van der Waals surface area contributed by atoms with Crippen LogP contribution in [0.2, 0.25) is 0 Å². The van der Waals surface area contributed by atoms with Gasteiger partial charge in [0.2, 0.25) is 0 Å². The van der Waals surface area contributed by atoms with E-state index in [2.05, 4.69) is 0 Å². The molecule has 2 atom stereocenters. The van der Waals surface area contributed by atoms with Crippen molar-refractivity contribution in [3.63, 3.8) is 0 Å². The summed E-state index contributed by atoms with van der Waals surface area (Å²) in [6.45, 7) is 1.87. The fourth-order valence-electron chi connectivity index (χ4n) is 3.05. The van der Waals surface area contributed by atoms with Gasteiger partial charge in [0.1, 0.15) is 7.14 Å².